The summed E-state index contributed by atoms with van der Waals surface area (Å²) in [5.41, 5.74) is 1.36. The number of rotatable bonds is 3. The van der Waals surface area contributed by atoms with Gasteiger partial charge in [0.05, 0.1) is 11.2 Å². The first-order valence-corrected chi connectivity index (χ1v) is 6.61. The molecule has 0 radical (unpaired) electrons. The molecule has 0 aliphatic heterocycles. The van der Waals surface area contributed by atoms with Crippen LogP contribution in [0, 0.1) is 0 Å². The summed E-state index contributed by atoms with van der Waals surface area (Å²) in [4.78, 5) is 3.86. The van der Waals surface area contributed by atoms with Gasteiger partial charge in [-0.05, 0) is 29.5 Å². The monoisotopic (exact) mass is 263 g/mol. The molecule has 0 amide bonds. The lowest BCUT2D eigenvalue weighted by atomic mass is 9.80. The summed E-state index contributed by atoms with van der Waals surface area (Å²) in [5, 5.41) is 11.9. The Morgan fingerprint density at radius 2 is 2.00 bits per heavy atom. The number of hydrogen-bond donors (Lipinski definition) is 1. The predicted octanol–water partition coefficient (Wildman–Crippen LogP) is 4.67. The van der Waals surface area contributed by atoms with Gasteiger partial charge in [0, 0.05) is 10.8 Å². The van der Waals surface area contributed by atoms with Crippen molar-refractivity contribution in [2.75, 3.05) is 0 Å². The highest BCUT2D eigenvalue weighted by atomic mass is 35.5. The van der Waals surface area contributed by atoms with Crippen LogP contribution >= 0.6 is 11.6 Å². The van der Waals surface area contributed by atoms with E-state index in [1.54, 1.807) is 0 Å². The third kappa shape index (κ3) is 2.30. The van der Waals surface area contributed by atoms with E-state index in [0.29, 0.717) is 10.4 Å². The second kappa shape index (κ2) is 4.77. The number of benzene rings is 1. The van der Waals surface area contributed by atoms with Crippen LogP contribution in [0.15, 0.2) is 24.4 Å². The van der Waals surface area contributed by atoms with Gasteiger partial charge >= 0.3 is 0 Å². The molecule has 3 heteroatoms. The van der Waals surface area contributed by atoms with Gasteiger partial charge in [-0.2, -0.15) is 0 Å². The van der Waals surface area contributed by atoms with E-state index in [0.717, 1.165) is 18.2 Å². The summed E-state index contributed by atoms with van der Waals surface area (Å²) in [6.07, 6.45) is 3.75. The van der Waals surface area contributed by atoms with Crippen molar-refractivity contribution in [3.8, 4) is 5.88 Å². The van der Waals surface area contributed by atoms with E-state index in [9.17, 15) is 5.11 Å². The van der Waals surface area contributed by atoms with E-state index < -0.39 is 0 Å². The molecule has 0 aliphatic carbocycles. The van der Waals surface area contributed by atoms with Crippen LogP contribution in [-0.4, -0.2) is 10.1 Å². The quantitative estimate of drug-likeness (QED) is 0.873. The summed E-state index contributed by atoms with van der Waals surface area (Å²) < 4.78 is 0. The number of aromatic nitrogens is 1. The number of fused-ring (bicyclic) bond motifs is 1. The van der Waals surface area contributed by atoms with Crippen molar-refractivity contribution in [3.63, 3.8) is 0 Å². The van der Waals surface area contributed by atoms with Crippen molar-refractivity contribution < 1.29 is 5.11 Å². The summed E-state index contributed by atoms with van der Waals surface area (Å²) in [7, 11) is 0. The first-order chi connectivity index (χ1) is 8.45. The van der Waals surface area contributed by atoms with Crippen LogP contribution in [0.25, 0.3) is 10.8 Å². The molecular weight excluding hydrogens is 246 g/mol. The Hall–Kier alpha value is -1.28. The van der Waals surface area contributed by atoms with Crippen LogP contribution in [0.1, 0.15) is 39.2 Å². The van der Waals surface area contributed by atoms with Crippen molar-refractivity contribution in [1.29, 1.82) is 0 Å². The highest BCUT2D eigenvalue weighted by molar-refractivity contribution is 6.35. The van der Waals surface area contributed by atoms with Crippen molar-refractivity contribution in [2.24, 2.45) is 0 Å². The van der Waals surface area contributed by atoms with E-state index in [2.05, 4.69) is 37.9 Å². The molecule has 18 heavy (non-hydrogen) atoms. The fourth-order valence-corrected chi connectivity index (χ4v) is 2.59. The average molecular weight is 264 g/mol. The van der Waals surface area contributed by atoms with Gasteiger partial charge in [-0.3, -0.25) is 0 Å². The van der Waals surface area contributed by atoms with Crippen molar-refractivity contribution in [2.45, 2.75) is 39.0 Å². The maximum Gasteiger partial charge on any atom is 0.218 e. The van der Waals surface area contributed by atoms with E-state index in [1.807, 2.05) is 6.07 Å². The van der Waals surface area contributed by atoms with Gasteiger partial charge in [-0.25, -0.2) is 4.98 Å². The Bertz CT molecular complexity index is 578. The van der Waals surface area contributed by atoms with Crippen LogP contribution in [0.4, 0.5) is 0 Å². The van der Waals surface area contributed by atoms with Crippen LogP contribution in [0.2, 0.25) is 5.02 Å². The minimum Gasteiger partial charge on any atom is -0.493 e. The van der Waals surface area contributed by atoms with E-state index in [-0.39, 0.29) is 11.3 Å². The minimum atomic E-state index is 0.0363. The zero-order chi connectivity index (χ0) is 13.3. The lowest BCUT2D eigenvalue weighted by Gasteiger charge is -2.25. The summed E-state index contributed by atoms with van der Waals surface area (Å²) in [6, 6.07) is 6.01. The Labute approximate surface area is 113 Å². The Morgan fingerprint density at radius 3 is 2.67 bits per heavy atom. The molecule has 1 aromatic carbocycles. The summed E-state index contributed by atoms with van der Waals surface area (Å²) >= 11 is 6.15. The zero-order valence-corrected chi connectivity index (χ0v) is 11.8. The van der Waals surface area contributed by atoms with Crippen LogP contribution in [0.3, 0.4) is 0 Å². The Kier molecular flexibility index (Phi) is 3.49. The molecule has 1 heterocycles. The first-order valence-electron chi connectivity index (χ1n) is 6.23. The Morgan fingerprint density at radius 1 is 1.28 bits per heavy atom. The topological polar surface area (TPSA) is 33.1 Å². The van der Waals surface area contributed by atoms with Crippen molar-refractivity contribution >= 4 is 22.4 Å². The SMILES string of the molecule is CCCC(C)(C)c1ccc2c(O)ncc(Cl)c2c1. The van der Waals surface area contributed by atoms with E-state index >= 15 is 0 Å². The standard InChI is InChI=1S/C15H18ClNO/c1-4-7-15(2,3)10-5-6-11-12(8-10)13(16)9-17-14(11)18/h5-6,8-9H,4,7H2,1-3H3,(H,17,18). The molecule has 0 aliphatic rings. The molecule has 0 unspecified atom stereocenters. The van der Waals surface area contributed by atoms with Gasteiger partial charge in [0.2, 0.25) is 5.88 Å². The van der Waals surface area contributed by atoms with Gasteiger partial charge in [0.25, 0.3) is 0 Å². The molecule has 2 aromatic rings. The lowest BCUT2D eigenvalue weighted by Crippen LogP contribution is -2.16. The highest BCUT2D eigenvalue weighted by Gasteiger charge is 2.20. The zero-order valence-electron chi connectivity index (χ0n) is 11.0. The number of halogens is 1. The van der Waals surface area contributed by atoms with Crippen LogP contribution in [-0.2, 0) is 5.41 Å². The maximum atomic E-state index is 9.72. The molecule has 0 spiro atoms. The number of hydrogen-bond acceptors (Lipinski definition) is 2. The third-order valence-corrected chi connectivity index (χ3v) is 3.78. The van der Waals surface area contributed by atoms with Crippen LogP contribution in [0.5, 0.6) is 5.88 Å². The lowest BCUT2D eigenvalue weighted by molar-refractivity contribution is 0.460. The molecule has 2 nitrogen and oxygen atoms in total. The molecule has 96 valence electrons. The Balaban J connectivity index is 2.60. The number of pyridine rings is 1. The number of aromatic hydroxyl groups is 1. The summed E-state index contributed by atoms with van der Waals surface area (Å²) in [6.45, 7) is 6.64. The molecule has 0 saturated carbocycles. The third-order valence-electron chi connectivity index (χ3n) is 3.47. The predicted molar refractivity (Wildman–Crippen MR) is 76.4 cm³/mol. The van der Waals surface area contributed by atoms with E-state index in [1.165, 1.54) is 11.8 Å². The molecular formula is C15H18ClNO. The second-order valence-corrected chi connectivity index (χ2v) is 5.73. The fourth-order valence-electron chi connectivity index (χ4n) is 2.38. The van der Waals surface area contributed by atoms with Gasteiger partial charge in [0.1, 0.15) is 0 Å². The molecule has 0 atom stereocenters. The molecule has 0 fully saturated rings. The molecule has 2 rings (SSSR count). The highest BCUT2D eigenvalue weighted by Crippen LogP contribution is 2.34. The normalized spacial score (nSPS) is 12.0. The maximum absolute atomic E-state index is 9.72. The second-order valence-electron chi connectivity index (χ2n) is 5.32. The van der Waals surface area contributed by atoms with E-state index in [4.69, 9.17) is 11.6 Å². The van der Waals surface area contributed by atoms with Gasteiger partial charge in [-0.15, -0.1) is 0 Å². The van der Waals surface area contributed by atoms with Gasteiger partial charge < -0.3 is 5.11 Å². The van der Waals surface area contributed by atoms with Crippen molar-refractivity contribution in [3.05, 3.63) is 35.0 Å². The average Bonchev–Trinajstić information content (AvgIpc) is 2.33. The fraction of sp³-hybridized carbons (Fsp3) is 0.400. The molecule has 1 aromatic heterocycles. The largest absolute Gasteiger partial charge is 0.493 e. The minimum absolute atomic E-state index is 0.0363. The first kappa shape index (κ1) is 13.2. The van der Waals surface area contributed by atoms with Crippen molar-refractivity contribution in [1.82, 2.24) is 4.98 Å². The molecule has 0 bridgehead atoms. The van der Waals surface area contributed by atoms with Gasteiger partial charge in [-0.1, -0.05) is 44.9 Å². The molecule has 0 saturated heterocycles. The van der Waals surface area contributed by atoms with Crippen LogP contribution < -0.4 is 0 Å². The molecule has 1 N–H and O–H groups in total. The number of nitrogens with zero attached hydrogens (tertiary/aromatic N) is 1. The van der Waals surface area contributed by atoms with Gasteiger partial charge in [0.15, 0.2) is 0 Å². The summed E-state index contributed by atoms with van der Waals surface area (Å²) in [5.74, 6) is 0.0363. The smallest absolute Gasteiger partial charge is 0.218 e.